The zero-order valence-corrected chi connectivity index (χ0v) is 16.1. The minimum Gasteiger partial charge on any atom is -0.462 e. The van der Waals surface area contributed by atoms with E-state index >= 15 is 0 Å². The normalized spacial score (nSPS) is 16.2. The lowest BCUT2D eigenvalue weighted by atomic mass is 10.1. The maximum Gasteiger partial charge on any atom is 0.347 e. The van der Waals surface area contributed by atoms with Gasteiger partial charge in [0.05, 0.1) is 11.6 Å². The van der Waals surface area contributed by atoms with Crippen LogP contribution in [0.25, 0.3) is 6.08 Å². The van der Waals surface area contributed by atoms with Gasteiger partial charge in [0.15, 0.2) is 22.8 Å². The van der Waals surface area contributed by atoms with E-state index in [2.05, 4.69) is 5.32 Å². The lowest BCUT2D eigenvalue weighted by molar-refractivity contribution is -0.139. The SMILES string of the molecule is CCOC(=O)C1=C(Nc2ccccc2)O/C(=C\c2cc(Cl)c3c(c2)OCO3)C1=O. The molecule has 0 unspecified atom stereocenters. The summed E-state index contributed by atoms with van der Waals surface area (Å²) in [6.07, 6.45) is 1.48. The molecular weight excluding hydrogens is 398 g/mol. The molecule has 0 fully saturated rings. The zero-order valence-electron chi connectivity index (χ0n) is 15.4. The Kier molecular flexibility index (Phi) is 5.14. The molecule has 2 aliphatic heterocycles. The topological polar surface area (TPSA) is 83.1 Å². The molecule has 4 rings (SSSR count). The van der Waals surface area contributed by atoms with Crippen LogP contribution >= 0.6 is 11.6 Å². The lowest BCUT2D eigenvalue weighted by Gasteiger charge is -2.08. The number of anilines is 1. The number of Topliss-reactive ketones (excluding diaryl/α,β-unsaturated/α-hetero) is 1. The molecule has 0 aromatic heterocycles. The second kappa shape index (κ2) is 7.89. The fourth-order valence-electron chi connectivity index (χ4n) is 2.88. The maximum atomic E-state index is 12.9. The van der Waals surface area contributed by atoms with E-state index in [4.69, 9.17) is 30.5 Å². The van der Waals surface area contributed by atoms with Crippen LogP contribution in [-0.2, 0) is 19.1 Å². The van der Waals surface area contributed by atoms with Gasteiger partial charge >= 0.3 is 5.97 Å². The summed E-state index contributed by atoms with van der Waals surface area (Å²) >= 11 is 6.20. The lowest BCUT2D eigenvalue weighted by Crippen LogP contribution is -2.16. The summed E-state index contributed by atoms with van der Waals surface area (Å²) in [5.74, 6) is -0.460. The fourth-order valence-corrected chi connectivity index (χ4v) is 3.15. The first-order chi connectivity index (χ1) is 14.1. The number of ketones is 1. The molecule has 2 heterocycles. The van der Waals surface area contributed by atoms with Crippen molar-refractivity contribution in [1.82, 2.24) is 0 Å². The zero-order chi connectivity index (χ0) is 20.4. The standard InChI is InChI=1S/C21H16ClNO6/c1-2-26-21(25)17-18(24)15(29-20(17)23-13-6-4-3-5-7-13)9-12-8-14(22)19-16(10-12)27-11-28-19/h3-10,23H,2,11H2,1H3/b15-9-. The molecule has 0 amide bonds. The van der Waals surface area contributed by atoms with Crippen LogP contribution in [0.15, 0.2) is 59.7 Å². The Morgan fingerprint density at radius 2 is 2.03 bits per heavy atom. The Hall–Kier alpha value is -3.45. The number of esters is 1. The average Bonchev–Trinajstić information content (AvgIpc) is 3.28. The van der Waals surface area contributed by atoms with E-state index < -0.39 is 11.8 Å². The van der Waals surface area contributed by atoms with E-state index in [1.54, 1.807) is 31.2 Å². The van der Waals surface area contributed by atoms with Crippen molar-refractivity contribution in [2.24, 2.45) is 0 Å². The van der Waals surface area contributed by atoms with Crippen LogP contribution in [0.4, 0.5) is 5.69 Å². The highest BCUT2D eigenvalue weighted by atomic mass is 35.5. The van der Waals surface area contributed by atoms with Crippen molar-refractivity contribution in [3.8, 4) is 11.5 Å². The van der Waals surface area contributed by atoms with Crippen LogP contribution in [-0.4, -0.2) is 25.2 Å². The van der Waals surface area contributed by atoms with Gasteiger partial charge in [-0.2, -0.15) is 0 Å². The summed E-state index contributed by atoms with van der Waals surface area (Å²) in [5, 5.41) is 3.30. The molecule has 0 saturated carbocycles. The number of hydrogen-bond acceptors (Lipinski definition) is 7. The minimum atomic E-state index is -0.761. The monoisotopic (exact) mass is 413 g/mol. The number of ether oxygens (including phenoxy) is 4. The molecule has 8 heteroatoms. The van der Waals surface area contributed by atoms with Gasteiger partial charge in [-0.1, -0.05) is 29.8 Å². The predicted molar refractivity (Wildman–Crippen MR) is 105 cm³/mol. The van der Waals surface area contributed by atoms with Gasteiger partial charge in [0, 0.05) is 5.69 Å². The van der Waals surface area contributed by atoms with Crippen molar-refractivity contribution in [1.29, 1.82) is 0 Å². The van der Waals surface area contributed by atoms with Gasteiger partial charge in [0.25, 0.3) is 0 Å². The molecule has 2 aromatic carbocycles. The highest BCUT2D eigenvalue weighted by Gasteiger charge is 2.37. The molecule has 29 heavy (non-hydrogen) atoms. The predicted octanol–water partition coefficient (Wildman–Crippen LogP) is 3.90. The summed E-state index contributed by atoms with van der Waals surface area (Å²) in [4.78, 5) is 25.2. The molecule has 0 radical (unpaired) electrons. The van der Waals surface area contributed by atoms with E-state index in [1.165, 1.54) is 6.08 Å². The van der Waals surface area contributed by atoms with Crippen molar-refractivity contribution in [3.05, 3.63) is 70.3 Å². The number of nitrogens with one attached hydrogen (secondary N) is 1. The van der Waals surface area contributed by atoms with Gasteiger partial charge in [0.2, 0.25) is 18.5 Å². The molecule has 0 bridgehead atoms. The Bertz CT molecular complexity index is 1040. The number of fused-ring (bicyclic) bond motifs is 1. The third kappa shape index (κ3) is 3.77. The number of para-hydroxylation sites is 1. The number of rotatable bonds is 5. The number of allylic oxidation sites excluding steroid dienone is 1. The highest BCUT2D eigenvalue weighted by Crippen LogP contribution is 2.40. The molecule has 0 atom stereocenters. The summed E-state index contributed by atoms with van der Waals surface area (Å²) in [6, 6.07) is 12.3. The molecule has 0 spiro atoms. The third-order valence-corrected chi connectivity index (χ3v) is 4.43. The Balaban J connectivity index is 1.67. The first-order valence-electron chi connectivity index (χ1n) is 8.83. The number of benzene rings is 2. The van der Waals surface area contributed by atoms with Gasteiger partial charge in [0.1, 0.15) is 0 Å². The van der Waals surface area contributed by atoms with Crippen LogP contribution in [0, 0.1) is 0 Å². The average molecular weight is 414 g/mol. The Labute approximate surface area is 171 Å². The molecule has 0 saturated heterocycles. The summed E-state index contributed by atoms with van der Waals surface area (Å²) in [5.41, 5.74) is 1.02. The van der Waals surface area contributed by atoms with Crippen molar-refractivity contribution < 1.29 is 28.5 Å². The van der Waals surface area contributed by atoms with Gasteiger partial charge in [-0.05, 0) is 42.8 Å². The Morgan fingerprint density at radius 1 is 1.24 bits per heavy atom. The molecule has 148 valence electrons. The largest absolute Gasteiger partial charge is 0.462 e. The summed E-state index contributed by atoms with van der Waals surface area (Å²) in [7, 11) is 0. The van der Waals surface area contributed by atoms with Gasteiger partial charge in [-0.25, -0.2) is 4.79 Å². The Morgan fingerprint density at radius 3 is 2.79 bits per heavy atom. The maximum absolute atomic E-state index is 12.9. The minimum absolute atomic E-state index is 0.0118. The second-order valence-electron chi connectivity index (χ2n) is 6.09. The van der Waals surface area contributed by atoms with Crippen molar-refractivity contribution in [3.63, 3.8) is 0 Å². The van der Waals surface area contributed by atoms with Gasteiger partial charge in [-0.3, -0.25) is 4.79 Å². The molecular formula is C21H16ClNO6. The smallest absolute Gasteiger partial charge is 0.347 e. The van der Waals surface area contributed by atoms with Gasteiger partial charge < -0.3 is 24.3 Å². The number of hydrogen-bond donors (Lipinski definition) is 1. The molecule has 0 aliphatic carbocycles. The highest BCUT2D eigenvalue weighted by molar-refractivity contribution is 6.32. The summed E-state index contributed by atoms with van der Waals surface area (Å²) < 4.78 is 21.3. The summed E-state index contributed by atoms with van der Waals surface area (Å²) in [6.45, 7) is 1.86. The molecule has 7 nitrogen and oxygen atoms in total. The van der Waals surface area contributed by atoms with Crippen molar-refractivity contribution in [2.45, 2.75) is 6.92 Å². The quantitative estimate of drug-likeness (QED) is 0.452. The van der Waals surface area contributed by atoms with Crippen LogP contribution in [0.2, 0.25) is 5.02 Å². The van der Waals surface area contributed by atoms with Crippen LogP contribution in [0.3, 0.4) is 0 Å². The first kappa shape index (κ1) is 18.9. The molecule has 2 aliphatic rings. The number of halogens is 1. The second-order valence-corrected chi connectivity index (χ2v) is 6.50. The van der Waals surface area contributed by atoms with Crippen molar-refractivity contribution in [2.75, 3.05) is 18.7 Å². The van der Waals surface area contributed by atoms with E-state index in [0.717, 1.165) is 0 Å². The fraction of sp³-hybridized carbons (Fsp3) is 0.143. The van der Waals surface area contributed by atoms with Crippen molar-refractivity contribution >= 4 is 35.1 Å². The molecule has 1 N–H and O–H groups in total. The van der Waals surface area contributed by atoms with E-state index in [9.17, 15) is 9.59 Å². The first-order valence-corrected chi connectivity index (χ1v) is 9.21. The number of carbonyl (C=O) groups is 2. The third-order valence-electron chi connectivity index (χ3n) is 4.15. The molecule has 2 aromatic rings. The van der Waals surface area contributed by atoms with Crippen LogP contribution < -0.4 is 14.8 Å². The van der Waals surface area contributed by atoms with E-state index in [0.29, 0.717) is 27.8 Å². The van der Waals surface area contributed by atoms with Crippen LogP contribution in [0.1, 0.15) is 12.5 Å². The number of carbonyl (C=O) groups excluding carboxylic acids is 2. The van der Waals surface area contributed by atoms with Crippen LogP contribution in [0.5, 0.6) is 11.5 Å². The van der Waals surface area contributed by atoms with Gasteiger partial charge in [-0.15, -0.1) is 0 Å². The van der Waals surface area contributed by atoms with E-state index in [-0.39, 0.29) is 30.6 Å². The van der Waals surface area contributed by atoms with E-state index in [1.807, 2.05) is 18.2 Å².